The predicted molar refractivity (Wildman–Crippen MR) is 101 cm³/mol. The van der Waals surface area contributed by atoms with Crippen molar-refractivity contribution in [2.75, 3.05) is 13.7 Å². The van der Waals surface area contributed by atoms with Crippen molar-refractivity contribution in [3.8, 4) is 11.8 Å². The van der Waals surface area contributed by atoms with Crippen LogP contribution in [0, 0.1) is 17.1 Å². The smallest absolute Gasteiger partial charge is 0.263 e. The van der Waals surface area contributed by atoms with E-state index in [-0.39, 0.29) is 17.4 Å². The van der Waals surface area contributed by atoms with Crippen molar-refractivity contribution >= 4 is 5.91 Å². The molecule has 0 fully saturated rings. The first-order valence-corrected chi connectivity index (χ1v) is 8.57. The highest BCUT2D eigenvalue weighted by Crippen LogP contribution is 2.17. The summed E-state index contributed by atoms with van der Waals surface area (Å²) in [6.45, 7) is 2.24. The Morgan fingerprint density at radius 3 is 2.59 bits per heavy atom. The van der Waals surface area contributed by atoms with Crippen LogP contribution in [-0.4, -0.2) is 19.6 Å². The summed E-state index contributed by atoms with van der Waals surface area (Å²) < 4.78 is 18.7. The molecule has 0 radical (unpaired) electrons. The second-order valence-electron chi connectivity index (χ2n) is 5.93. The molecule has 1 unspecified atom stereocenters. The molecule has 0 saturated carbocycles. The first kappa shape index (κ1) is 20.0. The summed E-state index contributed by atoms with van der Waals surface area (Å²) in [5, 5.41) is 14.9. The number of ether oxygens (including phenoxy) is 1. The van der Waals surface area contributed by atoms with Gasteiger partial charge in [-0.15, -0.1) is 0 Å². The maximum Gasteiger partial charge on any atom is 0.263 e. The number of carbonyl (C=O) groups is 1. The molecule has 1 atom stereocenters. The van der Waals surface area contributed by atoms with Gasteiger partial charge in [-0.1, -0.05) is 30.3 Å². The molecule has 6 heteroatoms. The lowest BCUT2D eigenvalue weighted by Gasteiger charge is -2.14. The number of hydrogen-bond donors (Lipinski definition) is 2. The minimum atomic E-state index is -0.473. The Bertz CT molecular complexity index is 841. The van der Waals surface area contributed by atoms with E-state index in [0.717, 1.165) is 11.3 Å². The number of methoxy groups -OCH3 is 1. The Morgan fingerprint density at radius 1 is 1.26 bits per heavy atom. The molecule has 2 N–H and O–H groups in total. The number of amides is 1. The number of nitrogens with one attached hydrogen (secondary N) is 2. The lowest BCUT2D eigenvalue weighted by molar-refractivity contribution is -0.117. The molecule has 0 aliphatic carbocycles. The maximum atomic E-state index is 13.6. The average Bonchev–Trinajstić information content (AvgIpc) is 2.69. The third-order valence-electron chi connectivity index (χ3n) is 4.07. The number of benzene rings is 2. The van der Waals surface area contributed by atoms with Crippen molar-refractivity contribution in [2.45, 2.75) is 19.4 Å². The van der Waals surface area contributed by atoms with Crippen LogP contribution in [-0.2, 0) is 11.2 Å². The Hall–Kier alpha value is -3.33. The van der Waals surface area contributed by atoms with E-state index in [1.165, 1.54) is 12.3 Å². The summed E-state index contributed by atoms with van der Waals surface area (Å²) in [6, 6.07) is 15.4. The van der Waals surface area contributed by atoms with E-state index >= 15 is 0 Å². The fourth-order valence-corrected chi connectivity index (χ4v) is 2.48. The molecule has 5 nitrogen and oxygen atoms in total. The standard InChI is InChI=1S/C21H22FN3O2/c1-15(16-7-9-19(27-2)10-8-16)25-21(26)18(13-23)14-24-12-11-17-5-3-4-6-20(17)22/h3-10,14-15,24H,11-12H2,1-2H3,(H,25,26)/b18-14-. The van der Waals surface area contributed by atoms with Crippen LogP contribution in [0.15, 0.2) is 60.3 Å². The largest absolute Gasteiger partial charge is 0.497 e. The van der Waals surface area contributed by atoms with Crippen LogP contribution < -0.4 is 15.4 Å². The average molecular weight is 367 g/mol. The molecule has 2 aromatic carbocycles. The molecule has 27 heavy (non-hydrogen) atoms. The van der Waals surface area contributed by atoms with Crippen molar-refractivity contribution in [1.82, 2.24) is 10.6 Å². The van der Waals surface area contributed by atoms with Crippen LogP contribution in [0.3, 0.4) is 0 Å². The molecule has 2 rings (SSSR count). The van der Waals surface area contributed by atoms with Gasteiger partial charge in [0, 0.05) is 12.7 Å². The van der Waals surface area contributed by atoms with Gasteiger partial charge < -0.3 is 15.4 Å². The first-order chi connectivity index (χ1) is 13.0. The molecule has 0 bridgehead atoms. The van der Waals surface area contributed by atoms with Crippen LogP contribution in [0.5, 0.6) is 5.75 Å². The predicted octanol–water partition coefficient (Wildman–Crippen LogP) is 3.25. The Labute approximate surface area is 158 Å². The highest BCUT2D eigenvalue weighted by atomic mass is 19.1. The topological polar surface area (TPSA) is 74.1 Å². The van der Waals surface area contributed by atoms with E-state index in [9.17, 15) is 14.4 Å². The fourth-order valence-electron chi connectivity index (χ4n) is 2.48. The highest BCUT2D eigenvalue weighted by Gasteiger charge is 2.13. The minimum Gasteiger partial charge on any atom is -0.497 e. The second-order valence-corrected chi connectivity index (χ2v) is 5.93. The van der Waals surface area contributed by atoms with Gasteiger partial charge in [0.15, 0.2) is 0 Å². The quantitative estimate of drug-likeness (QED) is 0.427. The summed E-state index contributed by atoms with van der Waals surface area (Å²) in [4.78, 5) is 12.3. The van der Waals surface area contributed by atoms with E-state index in [0.29, 0.717) is 18.5 Å². The van der Waals surface area contributed by atoms with Gasteiger partial charge in [-0.3, -0.25) is 4.79 Å². The van der Waals surface area contributed by atoms with Crippen molar-refractivity contribution in [2.24, 2.45) is 0 Å². The molecule has 140 valence electrons. The molecular weight excluding hydrogens is 345 g/mol. The van der Waals surface area contributed by atoms with Gasteiger partial charge >= 0.3 is 0 Å². The van der Waals surface area contributed by atoms with E-state index in [1.807, 2.05) is 37.3 Å². The number of hydrogen-bond acceptors (Lipinski definition) is 4. The summed E-state index contributed by atoms with van der Waals surface area (Å²) in [6.07, 6.45) is 1.81. The van der Waals surface area contributed by atoms with Crippen LogP contribution in [0.25, 0.3) is 0 Å². The molecule has 0 aromatic heterocycles. The Kier molecular flexibility index (Phi) is 7.38. The van der Waals surface area contributed by atoms with Gasteiger partial charge in [0.2, 0.25) is 0 Å². The molecule has 0 heterocycles. The van der Waals surface area contributed by atoms with Crippen molar-refractivity contribution in [1.29, 1.82) is 5.26 Å². The highest BCUT2D eigenvalue weighted by molar-refractivity contribution is 5.97. The summed E-state index contributed by atoms with van der Waals surface area (Å²) in [7, 11) is 1.59. The fraction of sp³-hybridized carbons (Fsp3) is 0.238. The number of rotatable bonds is 8. The molecule has 0 spiro atoms. The van der Waals surface area contributed by atoms with E-state index < -0.39 is 5.91 Å². The third-order valence-corrected chi connectivity index (χ3v) is 4.07. The number of halogens is 1. The molecule has 2 aromatic rings. The van der Waals surface area contributed by atoms with Crippen LogP contribution >= 0.6 is 0 Å². The maximum absolute atomic E-state index is 13.6. The second kappa shape index (κ2) is 9.97. The van der Waals surface area contributed by atoms with Crippen LogP contribution in [0.4, 0.5) is 4.39 Å². The van der Waals surface area contributed by atoms with Crippen molar-refractivity contribution < 1.29 is 13.9 Å². The molecule has 0 aliphatic heterocycles. The molecule has 1 amide bonds. The number of carbonyl (C=O) groups excluding carboxylic acids is 1. The summed E-state index contributed by atoms with van der Waals surface area (Å²) >= 11 is 0. The van der Waals surface area contributed by atoms with E-state index in [1.54, 1.807) is 25.3 Å². The third kappa shape index (κ3) is 5.86. The van der Waals surface area contributed by atoms with Crippen molar-refractivity contribution in [3.63, 3.8) is 0 Å². The Balaban J connectivity index is 1.89. The molecule has 0 saturated heterocycles. The van der Waals surface area contributed by atoms with Gasteiger partial charge in [-0.05, 0) is 42.7 Å². The zero-order valence-electron chi connectivity index (χ0n) is 15.3. The zero-order valence-corrected chi connectivity index (χ0v) is 15.3. The molecular formula is C21H22FN3O2. The Morgan fingerprint density at radius 2 is 1.96 bits per heavy atom. The van der Waals surface area contributed by atoms with Crippen LogP contribution in [0.1, 0.15) is 24.1 Å². The minimum absolute atomic E-state index is 0.0381. The number of nitrogens with zero attached hydrogens (tertiary/aromatic N) is 1. The van der Waals surface area contributed by atoms with Gasteiger partial charge in [-0.25, -0.2) is 4.39 Å². The normalized spacial score (nSPS) is 12.0. The van der Waals surface area contributed by atoms with Gasteiger partial charge in [0.25, 0.3) is 5.91 Å². The lowest BCUT2D eigenvalue weighted by Crippen LogP contribution is -2.28. The SMILES string of the molecule is COc1ccc(C(C)NC(=O)/C(C#N)=C\NCCc2ccccc2F)cc1. The summed E-state index contributed by atoms with van der Waals surface area (Å²) in [5.41, 5.74) is 1.44. The van der Waals surface area contributed by atoms with Crippen LogP contribution in [0.2, 0.25) is 0 Å². The molecule has 0 aliphatic rings. The number of nitriles is 1. The lowest BCUT2D eigenvalue weighted by atomic mass is 10.1. The van der Waals surface area contributed by atoms with Gasteiger partial charge in [-0.2, -0.15) is 5.26 Å². The zero-order chi connectivity index (χ0) is 19.6. The first-order valence-electron chi connectivity index (χ1n) is 8.57. The van der Waals surface area contributed by atoms with E-state index in [4.69, 9.17) is 4.74 Å². The summed E-state index contributed by atoms with van der Waals surface area (Å²) in [5.74, 6) is -0.0111. The van der Waals surface area contributed by atoms with Gasteiger partial charge in [0.1, 0.15) is 23.2 Å². The van der Waals surface area contributed by atoms with E-state index in [2.05, 4.69) is 10.6 Å². The van der Waals surface area contributed by atoms with Gasteiger partial charge in [0.05, 0.1) is 13.2 Å². The van der Waals surface area contributed by atoms with Crippen molar-refractivity contribution in [3.05, 3.63) is 77.2 Å². The monoisotopic (exact) mass is 367 g/mol.